The molecule has 0 aromatic heterocycles. The summed E-state index contributed by atoms with van der Waals surface area (Å²) in [6.07, 6.45) is 1.86. The number of methoxy groups -OCH3 is 1. The molecule has 1 saturated heterocycles. The second-order valence-corrected chi connectivity index (χ2v) is 4.36. The summed E-state index contributed by atoms with van der Waals surface area (Å²) in [6, 6.07) is 5.34. The van der Waals surface area contributed by atoms with Crippen LogP contribution in [0.2, 0.25) is 0 Å². The van der Waals surface area contributed by atoms with E-state index >= 15 is 0 Å². The van der Waals surface area contributed by atoms with Crippen molar-refractivity contribution in [1.82, 2.24) is 10.2 Å². The van der Waals surface area contributed by atoms with Gasteiger partial charge < -0.3 is 15.2 Å². The molecule has 1 aliphatic heterocycles. The zero-order chi connectivity index (χ0) is 13.0. The van der Waals surface area contributed by atoms with Crippen LogP contribution in [0.15, 0.2) is 30.9 Å². The van der Waals surface area contributed by atoms with E-state index in [-0.39, 0.29) is 11.8 Å². The maximum absolute atomic E-state index is 10.1. The first-order valence-electron chi connectivity index (χ1n) is 6.21. The Balaban J connectivity index is 2.34. The Labute approximate surface area is 108 Å². The van der Waals surface area contributed by atoms with Crippen molar-refractivity contribution in [2.24, 2.45) is 0 Å². The highest BCUT2D eigenvalue weighted by atomic mass is 16.5. The fraction of sp³-hybridized carbons (Fsp3) is 0.429. The molecule has 0 spiro atoms. The van der Waals surface area contributed by atoms with Crippen LogP contribution in [0.5, 0.6) is 11.5 Å². The van der Waals surface area contributed by atoms with Gasteiger partial charge in [-0.2, -0.15) is 0 Å². The first-order valence-corrected chi connectivity index (χ1v) is 6.21. The number of ether oxygens (including phenoxy) is 1. The lowest BCUT2D eigenvalue weighted by atomic mass is 10.0. The standard InChI is InChI=1S/C14H20N2O2/c1-3-11(16-9-7-15-8-10-16)14-12(17)5-4-6-13(14)18-2/h3-6,11,15,17H,1,7-10H2,2H3/t11-/m1/s1. The predicted octanol–water partition coefficient (Wildman–Crippen LogP) is 1.53. The van der Waals surface area contributed by atoms with Crippen LogP contribution >= 0.6 is 0 Å². The molecular formula is C14H20N2O2. The van der Waals surface area contributed by atoms with Crippen LogP contribution in [0.25, 0.3) is 0 Å². The molecule has 0 unspecified atom stereocenters. The van der Waals surface area contributed by atoms with Crippen molar-refractivity contribution in [1.29, 1.82) is 0 Å². The second-order valence-electron chi connectivity index (χ2n) is 4.36. The number of hydrogen-bond donors (Lipinski definition) is 2. The summed E-state index contributed by atoms with van der Waals surface area (Å²) in [5.41, 5.74) is 0.803. The lowest BCUT2D eigenvalue weighted by molar-refractivity contribution is 0.197. The minimum atomic E-state index is -0.0109. The highest BCUT2D eigenvalue weighted by molar-refractivity contribution is 5.47. The molecule has 0 bridgehead atoms. The Hall–Kier alpha value is -1.52. The SMILES string of the molecule is C=C[C@H](c1c(O)cccc1OC)N1CCNCC1. The quantitative estimate of drug-likeness (QED) is 0.793. The van der Waals surface area contributed by atoms with Crippen LogP contribution in [-0.2, 0) is 0 Å². The van der Waals surface area contributed by atoms with Crippen LogP contribution in [0.4, 0.5) is 0 Å². The highest BCUT2D eigenvalue weighted by Crippen LogP contribution is 2.36. The number of phenolic OH excluding ortho intramolecular Hbond substituents is 1. The Morgan fingerprint density at radius 3 is 2.78 bits per heavy atom. The van der Waals surface area contributed by atoms with Gasteiger partial charge in [-0.3, -0.25) is 4.90 Å². The van der Waals surface area contributed by atoms with Crippen LogP contribution in [0, 0.1) is 0 Å². The van der Waals surface area contributed by atoms with Crippen LogP contribution < -0.4 is 10.1 Å². The Bertz CT molecular complexity index is 414. The third-order valence-electron chi connectivity index (χ3n) is 3.33. The third kappa shape index (κ3) is 2.49. The maximum Gasteiger partial charge on any atom is 0.127 e. The van der Waals surface area contributed by atoms with Crippen molar-refractivity contribution in [2.45, 2.75) is 6.04 Å². The summed E-state index contributed by atoms with van der Waals surface area (Å²) in [7, 11) is 1.62. The molecule has 4 heteroatoms. The van der Waals surface area contributed by atoms with Gasteiger partial charge in [-0.25, -0.2) is 0 Å². The van der Waals surface area contributed by atoms with Crippen molar-refractivity contribution < 1.29 is 9.84 Å². The molecule has 0 saturated carbocycles. The van der Waals surface area contributed by atoms with Gasteiger partial charge in [0, 0.05) is 26.2 Å². The average Bonchev–Trinajstić information content (AvgIpc) is 2.42. The fourth-order valence-electron chi connectivity index (χ4n) is 2.42. The zero-order valence-corrected chi connectivity index (χ0v) is 10.7. The first-order chi connectivity index (χ1) is 8.77. The number of hydrogen-bond acceptors (Lipinski definition) is 4. The largest absolute Gasteiger partial charge is 0.507 e. The van der Waals surface area contributed by atoms with Crippen LogP contribution in [-0.4, -0.2) is 43.3 Å². The van der Waals surface area contributed by atoms with Crippen LogP contribution in [0.1, 0.15) is 11.6 Å². The number of phenols is 1. The molecule has 2 N–H and O–H groups in total. The smallest absolute Gasteiger partial charge is 0.127 e. The lowest BCUT2D eigenvalue weighted by Crippen LogP contribution is -2.44. The van der Waals surface area contributed by atoms with Crippen molar-refractivity contribution in [2.75, 3.05) is 33.3 Å². The van der Waals surface area contributed by atoms with Crippen molar-refractivity contribution in [3.8, 4) is 11.5 Å². The average molecular weight is 248 g/mol. The number of benzene rings is 1. The summed E-state index contributed by atoms with van der Waals surface area (Å²) in [5.74, 6) is 0.969. The minimum Gasteiger partial charge on any atom is -0.507 e. The van der Waals surface area contributed by atoms with Gasteiger partial charge in [-0.15, -0.1) is 6.58 Å². The first kappa shape index (κ1) is 12.9. The van der Waals surface area contributed by atoms with Gasteiger partial charge in [0.25, 0.3) is 0 Å². The summed E-state index contributed by atoms with van der Waals surface area (Å²) in [6.45, 7) is 7.69. The van der Waals surface area contributed by atoms with Gasteiger partial charge in [0.05, 0.1) is 18.7 Å². The van der Waals surface area contributed by atoms with E-state index in [0.29, 0.717) is 5.75 Å². The molecule has 0 amide bonds. The van der Waals surface area contributed by atoms with Crippen molar-refractivity contribution in [3.05, 3.63) is 36.4 Å². The van der Waals surface area contributed by atoms with Gasteiger partial charge in [-0.1, -0.05) is 12.1 Å². The molecule has 1 aromatic rings. The Morgan fingerprint density at radius 1 is 1.44 bits per heavy atom. The zero-order valence-electron chi connectivity index (χ0n) is 10.7. The van der Waals surface area contributed by atoms with Gasteiger partial charge in [0.2, 0.25) is 0 Å². The molecule has 1 atom stereocenters. The third-order valence-corrected chi connectivity index (χ3v) is 3.33. The van der Waals surface area contributed by atoms with Gasteiger partial charge in [0.1, 0.15) is 11.5 Å². The molecule has 0 radical (unpaired) electrons. The fourth-order valence-corrected chi connectivity index (χ4v) is 2.42. The normalized spacial score (nSPS) is 18.3. The molecular weight excluding hydrogens is 228 g/mol. The van der Waals surface area contributed by atoms with Gasteiger partial charge in [0.15, 0.2) is 0 Å². The van der Waals surface area contributed by atoms with Crippen molar-refractivity contribution in [3.63, 3.8) is 0 Å². The predicted molar refractivity (Wildman–Crippen MR) is 72.0 cm³/mol. The summed E-state index contributed by atoms with van der Waals surface area (Å²) >= 11 is 0. The summed E-state index contributed by atoms with van der Waals surface area (Å²) in [4.78, 5) is 2.29. The molecule has 1 fully saturated rings. The molecule has 1 aliphatic rings. The minimum absolute atomic E-state index is 0.0109. The summed E-state index contributed by atoms with van der Waals surface area (Å²) in [5, 5.41) is 13.4. The highest BCUT2D eigenvalue weighted by Gasteiger charge is 2.24. The van der Waals surface area contributed by atoms with Gasteiger partial charge >= 0.3 is 0 Å². The lowest BCUT2D eigenvalue weighted by Gasteiger charge is -2.34. The van der Waals surface area contributed by atoms with E-state index in [2.05, 4.69) is 16.8 Å². The second kappa shape index (κ2) is 5.89. The van der Waals surface area contributed by atoms with Gasteiger partial charge in [-0.05, 0) is 12.1 Å². The Kier molecular flexibility index (Phi) is 4.23. The molecule has 18 heavy (non-hydrogen) atoms. The Morgan fingerprint density at radius 2 is 2.17 bits per heavy atom. The number of rotatable bonds is 4. The number of piperazine rings is 1. The molecule has 1 aromatic carbocycles. The number of aromatic hydroxyl groups is 1. The molecule has 4 nitrogen and oxygen atoms in total. The molecule has 0 aliphatic carbocycles. The van der Waals surface area contributed by atoms with E-state index < -0.39 is 0 Å². The van der Waals surface area contributed by atoms with E-state index in [0.717, 1.165) is 31.7 Å². The van der Waals surface area contributed by atoms with E-state index in [1.54, 1.807) is 19.2 Å². The topological polar surface area (TPSA) is 44.7 Å². The van der Waals surface area contributed by atoms with Crippen molar-refractivity contribution >= 4 is 0 Å². The van der Waals surface area contributed by atoms with E-state index in [9.17, 15) is 5.11 Å². The molecule has 2 rings (SSSR count). The monoisotopic (exact) mass is 248 g/mol. The van der Waals surface area contributed by atoms with E-state index in [4.69, 9.17) is 4.74 Å². The van der Waals surface area contributed by atoms with Crippen LogP contribution in [0.3, 0.4) is 0 Å². The number of nitrogens with zero attached hydrogens (tertiary/aromatic N) is 1. The van der Waals surface area contributed by atoms with E-state index in [1.807, 2.05) is 12.1 Å². The molecule has 98 valence electrons. The summed E-state index contributed by atoms with van der Waals surface area (Å²) < 4.78 is 5.35. The maximum atomic E-state index is 10.1. The van der Waals surface area contributed by atoms with E-state index in [1.165, 1.54) is 0 Å². The molecule has 1 heterocycles. The number of nitrogens with one attached hydrogen (secondary N) is 1.